The Morgan fingerprint density at radius 3 is 2.28 bits per heavy atom. The largest absolute Gasteiger partial charge is 0.312 e. The monoisotopic (exact) mass is 254 g/mol. The lowest BCUT2D eigenvalue weighted by atomic mass is 9.86. The normalized spacial score (nSPS) is 20.0. The Morgan fingerprint density at radius 1 is 1.06 bits per heavy atom. The number of hydrogen-bond acceptors (Lipinski definition) is 2. The summed E-state index contributed by atoms with van der Waals surface area (Å²) in [5.74, 6) is 0. The van der Waals surface area contributed by atoms with Crippen LogP contribution in [0.15, 0.2) is 0 Å². The second-order valence-corrected chi connectivity index (χ2v) is 6.31. The van der Waals surface area contributed by atoms with Crippen LogP contribution in [0.3, 0.4) is 0 Å². The lowest BCUT2D eigenvalue weighted by Crippen LogP contribution is -2.58. The molecule has 0 aromatic rings. The van der Waals surface area contributed by atoms with Gasteiger partial charge in [-0.15, -0.1) is 0 Å². The number of nitrogens with one attached hydrogen (secondary N) is 1. The Balaban J connectivity index is 2.55. The van der Waals surface area contributed by atoms with Crippen molar-refractivity contribution in [3.05, 3.63) is 0 Å². The van der Waals surface area contributed by atoms with Crippen molar-refractivity contribution in [3.63, 3.8) is 0 Å². The number of nitrogens with zero attached hydrogens (tertiary/aromatic N) is 1. The molecule has 1 atom stereocenters. The van der Waals surface area contributed by atoms with E-state index in [4.69, 9.17) is 0 Å². The zero-order chi connectivity index (χ0) is 13.4. The highest BCUT2D eigenvalue weighted by molar-refractivity contribution is 4.94. The van der Waals surface area contributed by atoms with E-state index >= 15 is 0 Å². The van der Waals surface area contributed by atoms with Gasteiger partial charge in [-0.2, -0.15) is 0 Å². The third kappa shape index (κ3) is 4.55. The van der Waals surface area contributed by atoms with Crippen molar-refractivity contribution in [3.8, 4) is 0 Å². The predicted molar refractivity (Wildman–Crippen MR) is 81.1 cm³/mol. The van der Waals surface area contributed by atoms with E-state index in [9.17, 15) is 0 Å². The van der Waals surface area contributed by atoms with Gasteiger partial charge in [0, 0.05) is 11.6 Å². The van der Waals surface area contributed by atoms with E-state index in [1.807, 2.05) is 0 Å². The molecule has 1 aliphatic rings. The summed E-state index contributed by atoms with van der Waals surface area (Å²) in [4.78, 5) is 2.72. The van der Waals surface area contributed by atoms with Gasteiger partial charge in [-0.1, -0.05) is 39.5 Å². The molecule has 1 heterocycles. The summed E-state index contributed by atoms with van der Waals surface area (Å²) in [7, 11) is 0. The van der Waals surface area contributed by atoms with E-state index in [1.165, 1.54) is 58.0 Å². The molecule has 2 heteroatoms. The highest BCUT2D eigenvalue weighted by Gasteiger charge is 2.34. The van der Waals surface area contributed by atoms with Gasteiger partial charge in [-0.25, -0.2) is 0 Å². The van der Waals surface area contributed by atoms with Crippen molar-refractivity contribution in [1.82, 2.24) is 10.2 Å². The molecule has 1 N–H and O–H groups in total. The summed E-state index contributed by atoms with van der Waals surface area (Å²) in [6.07, 6.45) is 9.58. The Kier molecular flexibility index (Phi) is 7.25. The summed E-state index contributed by atoms with van der Waals surface area (Å²) >= 11 is 0. The number of unbranched alkanes of at least 4 members (excludes halogenated alkanes) is 2. The van der Waals surface area contributed by atoms with E-state index in [1.54, 1.807) is 0 Å². The van der Waals surface area contributed by atoms with Crippen molar-refractivity contribution in [2.45, 2.75) is 84.2 Å². The number of likely N-dealkylation sites (N-methyl/N-ethyl adjacent to an activating group) is 1. The Morgan fingerprint density at radius 2 is 1.72 bits per heavy atom. The smallest absolute Gasteiger partial charge is 0.0306 e. The standard InChI is InChI=1S/C16H34N2/c1-5-7-9-12-15(17-6-2)16(3,4)18-13-10-8-11-14-18/h15,17H,5-14H2,1-4H3. The summed E-state index contributed by atoms with van der Waals surface area (Å²) in [5.41, 5.74) is 0.310. The Hall–Kier alpha value is -0.0800. The zero-order valence-corrected chi connectivity index (χ0v) is 13.1. The van der Waals surface area contributed by atoms with Crippen LogP contribution in [0.25, 0.3) is 0 Å². The summed E-state index contributed by atoms with van der Waals surface area (Å²) < 4.78 is 0. The Labute approximate surface area is 115 Å². The fourth-order valence-electron chi connectivity index (χ4n) is 3.24. The van der Waals surface area contributed by atoms with Crippen LogP contribution < -0.4 is 5.32 Å². The van der Waals surface area contributed by atoms with Crippen molar-refractivity contribution in [1.29, 1.82) is 0 Å². The van der Waals surface area contributed by atoms with Gasteiger partial charge >= 0.3 is 0 Å². The molecule has 0 saturated carbocycles. The Bertz CT molecular complexity index is 207. The lowest BCUT2D eigenvalue weighted by Gasteiger charge is -2.46. The van der Waals surface area contributed by atoms with E-state index in [-0.39, 0.29) is 0 Å². The molecule has 0 aromatic heterocycles. The molecule has 0 spiro atoms. The molecule has 1 aliphatic heterocycles. The van der Waals surface area contributed by atoms with E-state index in [0.717, 1.165) is 6.54 Å². The van der Waals surface area contributed by atoms with Gasteiger partial charge in [0.15, 0.2) is 0 Å². The lowest BCUT2D eigenvalue weighted by molar-refractivity contribution is 0.0579. The number of rotatable bonds is 8. The molecule has 1 unspecified atom stereocenters. The molecule has 1 rings (SSSR count). The van der Waals surface area contributed by atoms with Gasteiger partial charge in [0.1, 0.15) is 0 Å². The van der Waals surface area contributed by atoms with Crippen LogP contribution in [-0.4, -0.2) is 36.1 Å². The van der Waals surface area contributed by atoms with Crippen molar-refractivity contribution in [2.24, 2.45) is 0 Å². The average Bonchev–Trinajstić information content (AvgIpc) is 2.39. The molecule has 0 bridgehead atoms. The van der Waals surface area contributed by atoms with E-state index in [0.29, 0.717) is 11.6 Å². The maximum Gasteiger partial charge on any atom is 0.0306 e. The first-order chi connectivity index (χ1) is 8.62. The van der Waals surface area contributed by atoms with Crippen LogP contribution in [0.5, 0.6) is 0 Å². The minimum atomic E-state index is 0.310. The summed E-state index contributed by atoms with van der Waals surface area (Å²) in [6.45, 7) is 13.1. The second-order valence-electron chi connectivity index (χ2n) is 6.31. The van der Waals surface area contributed by atoms with Gasteiger partial charge in [-0.3, -0.25) is 4.90 Å². The van der Waals surface area contributed by atoms with Crippen LogP contribution >= 0.6 is 0 Å². The molecular weight excluding hydrogens is 220 g/mol. The SMILES string of the molecule is CCCCCC(NCC)C(C)(C)N1CCCCC1. The molecule has 0 aromatic carbocycles. The quantitative estimate of drug-likeness (QED) is 0.663. The van der Waals surface area contributed by atoms with Crippen LogP contribution in [-0.2, 0) is 0 Å². The highest BCUT2D eigenvalue weighted by Crippen LogP contribution is 2.26. The maximum absolute atomic E-state index is 3.74. The van der Waals surface area contributed by atoms with Crippen molar-refractivity contribution in [2.75, 3.05) is 19.6 Å². The van der Waals surface area contributed by atoms with Crippen LogP contribution in [0, 0.1) is 0 Å². The topological polar surface area (TPSA) is 15.3 Å². The molecule has 0 radical (unpaired) electrons. The number of likely N-dealkylation sites (tertiary alicyclic amines) is 1. The molecule has 1 fully saturated rings. The summed E-state index contributed by atoms with van der Waals surface area (Å²) in [5, 5.41) is 3.74. The average molecular weight is 254 g/mol. The second kappa shape index (κ2) is 8.16. The minimum absolute atomic E-state index is 0.310. The van der Waals surface area contributed by atoms with Crippen LogP contribution in [0.1, 0.15) is 72.6 Å². The van der Waals surface area contributed by atoms with Gasteiger partial charge in [0.25, 0.3) is 0 Å². The van der Waals surface area contributed by atoms with Crippen LogP contribution in [0.4, 0.5) is 0 Å². The first-order valence-electron chi connectivity index (χ1n) is 8.11. The first-order valence-corrected chi connectivity index (χ1v) is 8.11. The van der Waals surface area contributed by atoms with E-state index < -0.39 is 0 Å². The molecule has 2 nitrogen and oxygen atoms in total. The van der Waals surface area contributed by atoms with Gasteiger partial charge in [-0.05, 0) is 52.7 Å². The number of piperidine rings is 1. The van der Waals surface area contributed by atoms with Gasteiger partial charge in [0.2, 0.25) is 0 Å². The van der Waals surface area contributed by atoms with Crippen molar-refractivity contribution < 1.29 is 0 Å². The van der Waals surface area contributed by atoms with Gasteiger partial charge < -0.3 is 5.32 Å². The molecule has 108 valence electrons. The molecule has 1 saturated heterocycles. The minimum Gasteiger partial charge on any atom is -0.312 e. The zero-order valence-electron chi connectivity index (χ0n) is 13.1. The van der Waals surface area contributed by atoms with Gasteiger partial charge in [0.05, 0.1) is 0 Å². The molecule has 18 heavy (non-hydrogen) atoms. The first kappa shape index (κ1) is 16.0. The highest BCUT2D eigenvalue weighted by atomic mass is 15.2. The third-order valence-corrected chi connectivity index (χ3v) is 4.57. The molecule has 0 amide bonds. The maximum atomic E-state index is 3.74. The fraction of sp³-hybridized carbons (Fsp3) is 1.00. The van der Waals surface area contributed by atoms with Crippen molar-refractivity contribution >= 4 is 0 Å². The van der Waals surface area contributed by atoms with E-state index in [2.05, 4.69) is 37.9 Å². The summed E-state index contributed by atoms with van der Waals surface area (Å²) in [6, 6.07) is 0.646. The number of hydrogen-bond donors (Lipinski definition) is 1. The predicted octanol–water partition coefficient (Wildman–Crippen LogP) is 3.81. The van der Waals surface area contributed by atoms with Crippen LogP contribution in [0.2, 0.25) is 0 Å². The molecule has 0 aliphatic carbocycles. The molecular formula is C16H34N2. The third-order valence-electron chi connectivity index (χ3n) is 4.57. The fourth-order valence-corrected chi connectivity index (χ4v) is 3.24.